The van der Waals surface area contributed by atoms with Crippen LogP contribution in [0.3, 0.4) is 0 Å². The van der Waals surface area contributed by atoms with Crippen molar-refractivity contribution in [3.05, 3.63) is 0 Å². The van der Waals surface area contributed by atoms with Crippen molar-refractivity contribution in [1.29, 1.82) is 0 Å². The van der Waals surface area contributed by atoms with Gasteiger partial charge >= 0.3 is 23.9 Å². The lowest BCUT2D eigenvalue weighted by molar-refractivity contribution is -0.175. The second kappa shape index (κ2) is 3.68. The lowest BCUT2D eigenvalue weighted by Gasteiger charge is -2.20. The van der Waals surface area contributed by atoms with E-state index in [1.165, 1.54) is 0 Å². The molecule has 1 heterocycles. The Morgan fingerprint density at radius 1 is 1.53 bits per heavy atom. The van der Waals surface area contributed by atoms with Gasteiger partial charge in [-0.25, -0.2) is 4.79 Å². The summed E-state index contributed by atoms with van der Waals surface area (Å²) in [5.41, 5.74) is -1.99. The van der Waals surface area contributed by atoms with Gasteiger partial charge in [-0.05, 0) is 0 Å². The Kier molecular flexibility index (Phi) is 2.74. The van der Waals surface area contributed by atoms with Crippen LogP contribution in [-0.2, 0) is 28.7 Å². The van der Waals surface area contributed by atoms with Gasteiger partial charge in [-0.3, -0.25) is 14.4 Å². The monoisotopic (exact) mass is 216 g/mol. The fraction of sp³-hybridized carbons (Fsp3) is 0.500. The average Bonchev–Trinajstić information content (AvgIpc) is 2.22. The molecule has 7 heteroatoms. The average molecular weight is 216 g/mol. The minimum absolute atomic E-state index is 0.558. The first-order chi connectivity index (χ1) is 6.85. The maximum Gasteiger partial charge on any atom is 0.359 e. The molecule has 1 N–H and O–H groups in total. The highest BCUT2D eigenvalue weighted by molar-refractivity contribution is 6.02. The zero-order chi connectivity index (χ0) is 11.6. The third-order valence-electron chi connectivity index (χ3n) is 1.78. The number of cyclic esters (lactones) is 2. The molecule has 0 amide bonds. The molecule has 0 aromatic carbocycles. The van der Waals surface area contributed by atoms with Gasteiger partial charge in [0.1, 0.15) is 0 Å². The predicted octanol–water partition coefficient (Wildman–Crippen LogP) is -0.764. The molecule has 0 aromatic heterocycles. The summed E-state index contributed by atoms with van der Waals surface area (Å²) in [4.78, 5) is 43.2. The largest absolute Gasteiger partial charge is 0.481 e. The summed E-state index contributed by atoms with van der Waals surface area (Å²) in [7, 11) is 0. The summed E-state index contributed by atoms with van der Waals surface area (Å²) in [6, 6.07) is 0. The second-order valence-electron chi connectivity index (χ2n) is 3.10. The van der Waals surface area contributed by atoms with Crippen molar-refractivity contribution in [2.75, 3.05) is 0 Å². The Labute approximate surface area is 84.0 Å². The summed E-state index contributed by atoms with van der Waals surface area (Å²) in [5, 5.41) is 8.55. The number of rotatable bonds is 3. The fourth-order valence-corrected chi connectivity index (χ4v) is 1.31. The molecule has 0 saturated carbocycles. The predicted molar refractivity (Wildman–Crippen MR) is 42.5 cm³/mol. The molecule has 1 aliphatic rings. The van der Waals surface area contributed by atoms with Gasteiger partial charge in [0.15, 0.2) is 0 Å². The van der Waals surface area contributed by atoms with Gasteiger partial charge in [0.05, 0.1) is 12.8 Å². The number of ether oxygens (including phenoxy) is 2. The minimum Gasteiger partial charge on any atom is -0.481 e. The summed E-state index contributed by atoms with van der Waals surface area (Å²) in [6.45, 7) is 1.01. The highest BCUT2D eigenvalue weighted by Gasteiger charge is 2.54. The van der Waals surface area contributed by atoms with E-state index in [0.29, 0.717) is 0 Å². The standard InChI is InChI=1S/C8H8O7/c1-4(9)15-8(2-5(10)11)3-6(12)14-7(8)13/h2-3H2,1H3,(H,10,11). The molecule has 82 valence electrons. The summed E-state index contributed by atoms with van der Waals surface area (Å²) < 4.78 is 8.74. The fourth-order valence-electron chi connectivity index (χ4n) is 1.31. The molecule has 0 spiro atoms. The molecule has 1 atom stereocenters. The normalized spacial score (nSPS) is 24.9. The molecule has 1 saturated heterocycles. The number of carbonyl (C=O) groups excluding carboxylic acids is 3. The van der Waals surface area contributed by atoms with E-state index in [2.05, 4.69) is 9.47 Å². The highest BCUT2D eigenvalue weighted by Crippen LogP contribution is 2.29. The maximum absolute atomic E-state index is 11.2. The zero-order valence-electron chi connectivity index (χ0n) is 7.81. The Morgan fingerprint density at radius 2 is 2.13 bits per heavy atom. The molecule has 1 unspecified atom stereocenters. The van der Waals surface area contributed by atoms with Crippen molar-refractivity contribution < 1.29 is 33.8 Å². The van der Waals surface area contributed by atoms with E-state index in [4.69, 9.17) is 5.11 Å². The van der Waals surface area contributed by atoms with Crippen molar-refractivity contribution in [2.24, 2.45) is 0 Å². The van der Waals surface area contributed by atoms with Crippen molar-refractivity contribution in [3.63, 3.8) is 0 Å². The molecule has 0 aliphatic carbocycles. The van der Waals surface area contributed by atoms with Crippen molar-refractivity contribution in [3.8, 4) is 0 Å². The number of aliphatic carboxylic acids is 1. The lowest BCUT2D eigenvalue weighted by Crippen LogP contribution is -2.41. The first-order valence-electron chi connectivity index (χ1n) is 4.02. The quantitative estimate of drug-likeness (QED) is 0.487. The minimum atomic E-state index is -1.99. The van der Waals surface area contributed by atoms with Gasteiger partial charge < -0.3 is 14.6 Å². The molecule has 0 bridgehead atoms. The Bertz CT molecular complexity index is 327. The summed E-state index contributed by atoms with van der Waals surface area (Å²) >= 11 is 0. The van der Waals surface area contributed by atoms with Crippen molar-refractivity contribution in [1.82, 2.24) is 0 Å². The van der Waals surface area contributed by atoms with Crippen LogP contribution in [0.25, 0.3) is 0 Å². The van der Waals surface area contributed by atoms with Crippen LogP contribution in [0, 0.1) is 0 Å². The Morgan fingerprint density at radius 3 is 2.47 bits per heavy atom. The molecule has 1 fully saturated rings. The van der Waals surface area contributed by atoms with Crippen LogP contribution in [0.1, 0.15) is 19.8 Å². The molecule has 0 aromatic rings. The molecular formula is C8H8O7. The maximum atomic E-state index is 11.2. The number of esters is 3. The smallest absolute Gasteiger partial charge is 0.359 e. The van der Waals surface area contributed by atoms with E-state index in [0.717, 1.165) is 6.92 Å². The van der Waals surface area contributed by atoms with Gasteiger partial charge in [-0.15, -0.1) is 0 Å². The third-order valence-corrected chi connectivity index (χ3v) is 1.78. The number of hydrogen-bond acceptors (Lipinski definition) is 6. The highest BCUT2D eigenvalue weighted by atomic mass is 16.6. The Balaban J connectivity index is 2.95. The number of carboxylic acid groups (broad SMARTS) is 1. The van der Waals surface area contributed by atoms with E-state index in [1.807, 2.05) is 0 Å². The van der Waals surface area contributed by atoms with Crippen LogP contribution in [0.4, 0.5) is 0 Å². The third kappa shape index (κ3) is 2.30. The van der Waals surface area contributed by atoms with Gasteiger partial charge in [-0.2, -0.15) is 0 Å². The van der Waals surface area contributed by atoms with E-state index in [9.17, 15) is 19.2 Å². The van der Waals surface area contributed by atoms with Crippen LogP contribution >= 0.6 is 0 Å². The van der Waals surface area contributed by atoms with E-state index in [1.54, 1.807) is 0 Å². The number of carboxylic acids is 1. The molecule has 1 aliphatic heterocycles. The summed E-state index contributed by atoms with van der Waals surface area (Å²) in [6.07, 6.45) is -1.34. The SMILES string of the molecule is CC(=O)OC1(CC(=O)O)CC(=O)OC1=O. The number of carbonyl (C=O) groups is 4. The van der Waals surface area contributed by atoms with Crippen LogP contribution in [-0.4, -0.2) is 34.6 Å². The summed E-state index contributed by atoms with van der Waals surface area (Å²) in [5.74, 6) is -4.24. The topological polar surface area (TPSA) is 107 Å². The van der Waals surface area contributed by atoms with Crippen LogP contribution < -0.4 is 0 Å². The van der Waals surface area contributed by atoms with E-state index >= 15 is 0 Å². The van der Waals surface area contributed by atoms with E-state index in [-0.39, 0.29) is 0 Å². The van der Waals surface area contributed by atoms with Crippen LogP contribution in [0.15, 0.2) is 0 Å². The van der Waals surface area contributed by atoms with Gasteiger partial charge in [0.25, 0.3) is 0 Å². The van der Waals surface area contributed by atoms with Gasteiger partial charge in [0, 0.05) is 6.92 Å². The lowest BCUT2D eigenvalue weighted by atomic mass is 9.97. The van der Waals surface area contributed by atoms with Gasteiger partial charge in [0.2, 0.25) is 5.60 Å². The molecule has 7 nitrogen and oxygen atoms in total. The van der Waals surface area contributed by atoms with Crippen LogP contribution in [0.2, 0.25) is 0 Å². The molecule has 0 radical (unpaired) electrons. The second-order valence-corrected chi connectivity index (χ2v) is 3.10. The first kappa shape index (κ1) is 11.2. The number of hydrogen-bond donors (Lipinski definition) is 1. The molecule has 15 heavy (non-hydrogen) atoms. The van der Waals surface area contributed by atoms with Gasteiger partial charge in [-0.1, -0.05) is 0 Å². The van der Waals surface area contributed by atoms with Crippen molar-refractivity contribution in [2.45, 2.75) is 25.4 Å². The Hall–Kier alpha value is -1.92. The van der Waals surface area contributed by atoms with Crippen molar-refractivity contribution >= 4 is 23.9 Å². The molecule has 1 rings (SSSR count). The van der Waals surface area contributed by atoms with Crippen LogP contribution in [0.5, 0.6) is 0 Å². The first-order valence-corrected chi connectivity index (χ1v) is 4.02. The molecular weight excluding hydrogens is 208 g/mol. The van der Waals surface area contributed by atoms with E-state index < -0.39 is 42.3 Å². The zero-order valence-corrected chi connectivity index (χ0v) is 7.81.